The lowest BCUT2D eigenvalue weighted by atomic mass is 9.96. The van der Waals surface area contributed by atoms with Crippen LogP contribution >= 0.6 is 0 Å². The molecule has 4 N–H and O–H groups in total. The lowest BCUT2D eigenvalue weighted by Crippen LogP contribution is -2.33. The molecule has 3 aromatic heterocycles. The lowest BCUT2D eigenvalue weighted by Gasteiger charge is -2.19. The number of fused-ring (bicyclic) bond motifs is 1. The molecule has 1 aliphatic rings. The molecule has 0 amide bonds. The second-order valence-electron chi connectivity index (χ2n) is 7.02. The van der Waals surface area contributed by atoms with Gasteiger partial charge in [0.1, 0.15) is 23.2 Å². The highest BCUT2D eigenvalue weighted by Crippen LogP contribution is 2.34. The summed E-state index contributed by atoms with van der Waals surface area (Å²) < 4.78 is 1.67. The van der Waals surface area contributed by atoms with Crippen LogP contribution in [0, 0.1) is 34.0 Å². The maximum Gasteiger partial charge on any atom is 0.154 e. The summed E-state index contributed by atoms with van der Waals surface area (Å²) in [5.41, 5.74) is 2.18. The van der Waals surface area contributed by atoms with Crippen LogP contribution in [0.5, 0.6) is 0 Å². The van der Waals surface area contributed by atoms with E-state index in [1.54, 1.807) is 23.0 Å². The van der Waals surface area contributed by atoms with E-state index in [-0.39, 0.29) is 17.4 Å². The molecule has 0 aromatic carbocycles. The van der Waals surface area contributed by atoms with Crippen molar-refractivity contribution >= 4 is 22.8 Å². The van der Waals surface area contributed by atoms with Crippen LogP contribution in [0.25, 0.3) is 11.2 Å². The molecule has 3 atom stereocenters. The Labute approximate surface area is 155 Å². The quantitative estimate of drug-likeness (QED) is 0.422. The third kappa shape index (κ3) is 3.08. The summed E-state index contributed by atoms with van der Waals surface area (Å²) in [5.74, 6) is 1.51. The van der Waals surface area contributed by atoms with E-state index < -0.39 is 0 Å². The van der Waals surface area contributed by atoms with Gasteiger partial charge in [0.2, 0.25) is 0 Å². The van der Waals surface area contributed by atoms with E-state index in [0.717, 1.165) is 24.2 Å². The third-order valence-electron chi connectivity index (χ3n) is 5.22. The van der Waals surface area contributed by atoms with Gasteiger partial charge < -0.3 is 10.3 Å². The van der Waals surface area contributed by atoms with Gasteiger partial charge in [0.05, 0.1) is 17.3 Å². The van der Waals surface area contributed by atoms with E-state index >= 15 is 0 Å². The maximum absolute atomic E-state index is 8.88. The number of hydrogen-bond acceptors (Lipinski definition) is 6. The zero-order chi connectivity index (χ0) is 19.0. The van der Waals surface area contributed by atoms with E-state index in [1.165, 1.54) is 6.20 Å². The summed E-state index contributed by atoms with van der Waals surface area (Å²) in [6.07, 6.45) is 6.53. The molecule has 0 spiro atoms. The van der Waals surface area contributed by atoms with Crippen LogP contribution in [0.4, 0.5) is 5.82 Å². The number of aromatic nitrogens is 4. The Bertz CT molecular complexity index is 1090. The first kappa shape index (κ1) is 17.0. The van der Waals surface area contributed by atoms with E-state index in [4.69, 9.17) is 16.1 Å². The summed E-state index contributed by atoms with van der Waals surface area (Å²) in [6, 6.07) is 7.67. The zero-order valence-corrected chi connectivity index (χ0v) is 14.9. The minimum absolute atomic E-state index is 0.0375. The molecule has 27 heavy (non-hydrogen) atoms. The monoisotopic (exact) mass is 360 g/mol. The predicted molar refractivity (Wildman–Crippen MR) is 101 cm³/mol. The van der Waals surface area contributed by atoms with Crippen LogP contribution in [0.3, 0.4) is 0 Å². The van der Waals surface area contributed by atoms with Crippen molar-refractivity contribution in [2.45, 2.75) is 25.8 Å². The molecule has 1 saturated carbocycles. The first-order valence-electron chi connectivity index (χ1n) is 8.88. The number of nitrogens with one attached hydrogen (secondary N) is 4. The average Bonchev–Trinajstić information content (AvgIpc) is 3.28. The van der Waals surface area contributed by atoms with Crippen molar-refractivity contribution in [2.24, 2.45) is 11.8 Å². The Balaban J connectivity index is 1.55. The fraction of sp³-hybridized carbons (Fsp3) is 0.316. The topological polar surface area (TPSA) is 130 Å². The summed E-state index contributed by atoms with van der Waals surface area (Å²) in [5, 5.41) is 29.3. The van der Waals surface area contributed by atoms with Gasteiger partial charge in [-0.25, -0.2) is 9.97 Å². The van der Waals surface area contributed by atoms with Crippen LogP contribution in [-0.2, 0) is 0 Å². The molecule has 136 valence electrons. The van der Waals surface area contributed by atoms with Crippen molar-refractivity contribution in [3.8, 4) is 6.07 Å². The molecule has 8 heteroatoms. The van der Waals surface area contributed by atoms with Crippen molar-refractivity contribution in [1.29, 1.82) is 16.1 Å². The molecule has 3 aromatic rings. The molecule has 4 rings (SSSR count). The number of nitrogens with zero attached hydrogens (tertiary/aromatic N) is 4. The maximum atomic E-state index is 8.88. The molecule has 8 nitrogen and oxygen atoms in total. The Morgan fingerprint density at radius 3 is 2.89 bits per heavy atom. The highest BCUT2D eigenvalue weighted by atomic mass is 15.1. The number of aromatic amines is 1. The average molecular weight is 360 g/mol. The number of anilines is 1. The minimum atomic E-state index is 0.0375. The van der Waals surface area contributed by atoms with Gasteiger partial charge in [-0.1, -0.05) is 6.92 Å². The van der Waals surface area contributed by atoms with Crippen LogP contribution < -0.4 is 10.8 Å². The number of rotatable bonds is 3. The summed E-state index contributed by atoms with van der Waals surface area (Å²) >= 11 is 0. The van der Waals surface area contributed by atoms with Crippen LogP contribution in [0.1, 0.15) is 25.3 Å². The normalized spacial score (nSPS) is 21.9. The predicted octanol–water partition coefficient (Wildman–Crippen LogP) is 2.46. The standard InChI is InChI=1S/C19H20N8/c1-11-6-13(26-17-3-2-12(8-20)9-24-17)7-14(11)18(22)27-15-4-5-23-19(15)25-10-16(27)21/h2-5,9-11,13-14,21-23H,6-7H2,1H3,(H,24,26). The summed E-state index contributed by atoms with van der Waals surface area (Å²) in [4.78, 5) is 11.5. The molecule has 0 saturated heterocycles. The number of nitriles is 1. The van der Waals surface area contributed by atoms with Gasteiger partial charge in [-0.2, -0.15) is 5.26 Å². The first-order valence-corrected chi connectivity index (χ1v) is 8.88. The number of hydrogen-bond donors (Lipinski definition) is 4. The van der Waals surface area contributed by atoms with Crippen molar-refractivity contribution in [3.63, 3.8) is 0 Å². The van der Waals surface area contributed by atoms with E-state index in [2.05, 4.69) is 33.3 Å². The molecule has 3 heterocycles. The second-order valence-corrected chi connectivity index (χ2v) is 7.02. The zero-order valence-electron chi connectivity index (χ0n) is 14.9. The minimum Gasteiger partial charge on any atom is -0.367 e. The van der Waals surface area contributed by atoms with Gasteiger partial charge >= 0.3 is 0 Å². The van der Waals surface area contributed by atoms with E-state index in [1.807, 2.05) is 12.1 Å². The van der Waals surface area contributed by atoms with Gasteiger partial charge in [-0.05, 0) is 37.0 Å². The second kappa shape index (κ2) is 6.68. The molecule has 0 bridgehead atoms. The highest BCUT2D eigenvalue weighted by Gasteiger charge is 2.35. The largest absolute Gasteiger partial charge is 0.367 e. The van der Waals surface area contributed by atoms with Crippen LogP contribution in [-0.4, -0.2) is 31.4 Å². The number of pyridine rings is 1. The molecular formula is C19H20N8. The first-order chi connectivity index (χ1) is 13.1. The van der Waals surface area contributed by atoms with E-state index in [0.29, 0.717) is 23.0 Å². The van der Waals surface area contributed by atoms with Crippen LogP contribution in [0.15, 0.2) is 36.8 Å². The lowest BCUT2D eigenvalue weighted by molar-refractivity contribution is 0.517. The van der Waals surface area contributed by atoms with Crippen LogP contribution in [0.2, 0.25) is 0 Å². The van der Waals surface area contributed by atoms with Gasteiger partial charge in [-0.15, -0.1) is 0 Å². The third-order valence-corrected chi connectivity index (χ3v) is 5.22. The van der Waals surface area contributed by atoms with E-state index in [9.17, 15) is 0 Å². The van der Waals surface area contributed by atoms with Gasteiger partial charge in [0.25, 0.3) is 0 Å². The Morgan fingerprint density at radius 1 is 1.30 bits per heavy atom. The molecule has 1 fully saturated rings. The summed E-state index contributed by atoms with van der Waals surface area (Å²) in [6.45, 7) is 2.15. The Hall–Kier alpha value is -3.47. The van der Waals surface area contributed by atoms with Crippen molar-refractivity contribution in [2.75, 3.05) is 5.32 Å². The smallest absolute Gasteiger partial charge is 0.154 e. The van der Waals surface area contributed by atoms with Crippen molar-refractivity contribution in [3.05, 3.63) is 47.8 Å². The number of H-pyrrole nitrogens is 1. The van der Waals surface area contributed by atoms with Gasteiger partial charge in [0, 0.05) is 24.4 Å². The molecule has 1 aliphatic carbocycles. The van der Waals surface area contributed by atoms with Crippen molar-refractivity contribution < 1.29 is 0 Å². The Morgan fingerprint density at radius 2 is 2.15 bits per heavy atom. The molecule has 3 unspecified atom stereocenters. The summed E-state index contributed by atoms with van der Waals surface area (Å²) in [7, 11) is 0. The highest BCUT2D eigenvalue weighted by molar-refractivity contribution is 5.91. The van der Waals surface area contributed by atoms with Gasteiger partial charge in [-0.3, -0.25) is 15.4 Å². The molecule has 0 radical (unpaired) electrons. The van der Waals surface area contributed by atoms with Gasteiger partial charge in [0.15, 0.2) is 5.65 Å². The fourth-order valence-corrected chi connectivity index (χ4v) is 3.88. The molecule has 0 aliphatic heterocycles. The Kier molecular flexibility index (Phi) is 4.20. The molecular weight excluding hydrogens is 340 g/mol. The van der Waals surface area contributed by atoms with Crippen molar-refractivity contribution in [1.82, 2.24) is 19.5 Å². The fourth-order valence-electron chi connectivity index (χ4n) is 3.88. The SMILES string of the molecule is CC1CC(Nc2ccc(C#N)cn2)CC1C(=N)n1c(=N)cnc2[nH]ccc21.